The Morgan fingerprint density at radius 2 is 2.05 bits per heavy atom. The van der Waals surface area contributed by atoms with Gasteiger partial charge in [-0.3, -0.25) is 14.9 Å². The minimum Gasteiger partial charge on any atom is -0.478 e. The number of hydrogen-bond acceptors (Lipinski definition) is 4. The molecule has 0 radical (unpaired) electrons. The lowest BCUT2D eigenvalue weighted by Crippen LogP contribution is -2.25. The molecule has 7 heteroatoms. The van der Waals surface area contributed by atoms with Crippen molar-refractivity contribution in [2.24, 2.45) is 0 Å². The number of nitro benzene ring substituents is 1. The summed E-state index contributed by atoms with van der Waals surface area (Å²) < 4.78 is 0. The van der Waals surface area contributed by atoms with Crippen LogP contribution in [-0.4, -0.2) is 28.5 Å². The number of rotatable bonds is 6. The number of carbonyl (C=O) groups excluding carboxylic acids is 1. The van der Waals surface area contributed by atoms with Crippen LogP contribution in [0.1, 0.15) is 5.56 Å². The van der Waals surface area contributed by atoms with Crippen molar-refractivity contribution in [2.45, 2.75) is 6.42 Å². The molecule has 0 unspecified atom stereocenters. The van der Waals surface area contributed by atoms with Crippen molar-refractivity contribution >= 4 is 17.6 Å². The molecule has 1 aromatic rings. The maximum Gasteiger partial charge on any atom is 0.328 e. The minimum absolute atomic E-state index is 0.0613. The summed E-state index contributed by atoms with van der Waals surface area (Å²) in [6.45, 7) is 0.0613. The number of nitrogens with zero attached hydrogens (tertiary/aromatic N) is 1. The molecule has 0 atom stereocenters. The molecule has 7 nitrogen and oxygen atoms in total. The van der Waals surface area contributed by atoms with Gasteiger partial charge in [0.1, 0.15) is 0 Å². The zero-order valence-electron chi connectivity index (χ0n) is 9.91. The van der Waals surface area contributed by atoms with E-state index in [-0.39, 0.29) is 18.7 Å². The Kier molecular flexibility index (Phi) is 5.21. The van der Waals surface area contributed by atoms with Crippen molar-refractivity contribution in [1.29, 1.82) is 0 Å². The molecule has 1 aromatic carbocycles. The van der Waals surface area contributed by atoms with Crippen LogP contribution in [0.2, 0.25) is 0 Å². The van der Waals surface area contributed by atoms with Gasteiger partial charge in [0, 0.05) is 24.3 Å². The number of amides is 1. The molecule has 0 bridgehead atoms. The lowest BCUT2D eigenvalue weighted by atomic mass is 10.1. The van der Waals surface area contributed by atoms with Crippen LogP contribution in [0.5, 0.6) is 0 Å². The minimum atomic E-state index is -1.10. The molecule has 0 fully saturated rings. The molecule has 100 valence electrons. The fourth-order valence-electron chi connectivity index (χ4n) is 1.41. The van der Waals surface area contributed by atoms with Crippen LogP contribution in [-0.2, 0) is 16.0 Å². The monoisotopic (exact) mass is 264 g/mol. The second-order valence-electron chi connectivity index (χ2n) is 3.61. The molecule has 1 rings (SSSR count). The number of aliphatic carboxylic acids is 1. The molecule has 0 aliphatic heterocycles. The van der Waals surface area contributed by atoms with Gasteiger partial charge in [0.05, 0.1) is 11.3 Å². The van der Waals surface area contributed by atoms with Crippen LogP contribution >= 0.6 is 0 Å². The highest BCUT2D eigenvalue weighted by atomic mass is 16.6. The molecule has 0 saturated heterocycles. The number of nitro groups is 1. The number of para-hydroxylation sites is 1. The van der Waals surface area contributed by atoms with Gasteiger partial charge in [0.25, 0.3) is 5.69 Å². The van der Waals surface area contributed by atoms with Crippen LogP contribution in [0.4, 0.5) is 5.69 Å². The van der Waals surface area contributed by atoms with Crippen molar-refractivity contribution in [1.82, 2.24) is 5.32 Å². The molecular weight excluding hydrogens is 252 g/mol. The summed E-state index contributed by atoms with van der Waals surface area (Å²) in [6, 6.07) is 5.97. The second-order valence-corrected chi connectivity index (χ2v) is 3.61. The Bertz CT molecular complexity index is 525. The van der Waals surface area contributed by atoms with Crippen molar-refractivity contribution in [2.75, 3.05) is 6.54 Å². The summed E-state index contributed by atoms with van der Waals surface area (Å²) in [5.74, 6) is -1.52. The van der Waals surface area contributed by atoms with E-state index in [1.807, 2.05) is 0 Å². The summed E-state index contributed by atoms with van der Waals surface area (Å²) in [7, 11) is 0. The van der Waals surface area contributed by atoms with Gasteiger partial charge in [-0.15, -0.1) is 0 Å². The number of carbonyl (C=O) groups is 2. The first-order chi connectivity index (χ1) is 9.00. The van der Waals surface area contributed by atoms with E-state index < -0.39 is 16.8 Å². The van der Waals surface area contributed by atoms with Gasteiger partial charge in [0.15, 0.2) is 0 Å². The summed E-state index contributed by atoms with van der Waals surface area (Å²) in [4.78, 5) is 31.9. The van der Waals surface area contributed by atoms with E-state index >= 15 is 0 Å². The number of carboxylic acids is 1. The van der Waals surface area contributed by atoms with Gasteiger partial charge in [-0.25, -0.2) is 4.79 Å². The van der Waals surface area contributed by atoms with Crippen LogP contribution < -0.4 is 5.32 Å². The highest BCUT2D eigenvalue weighted by molar-refractivity contribution is 5.81. The number of benzene rings is 1. The van der Waals surface area contributed by atoms with E-state index in [0.717, 1.165) is 6.08 Å². The summed E-state index contributed by atoms with van der Waals surface area (Å²) >= 11 is 0. The Morgan fingerprint density at radius 1 is 1.37 bits per heavy atom. The topological polar surface area (TPSA) is 110 Å². The quantitative estimate of drug-likeness (QED) is 0.450. The van der Waals surface area contributed by atoms with E-state index in [1.54, 1.807) is 6.07 Å². The number of carboxylic acid groups (broad SMARTS) is 1. The number of nitrogens with one attached hydrogen (secondary N) is 1. The van der Waals surface area contributed by atoms with Crippen LogP contribution in [0, 0.1) is 10.1 Å². The van der Waals surface area contributed by atoms with E-state index in [1.165, 1.54) is 24.3 Å². The standard InChI is InChI=1S/C12H12N2O5/c15-11(13-7-3-6-12(16)17)8-9-4-1-2-5-10(9)14(18)19/h1-6H,7-8H2,(H,13,15)(H,16,17)/b6-3+. The first kappa shape index (κ1) is 14.4. The van der Waals surface area contributed by atoms with Gasteiger partial charge < -0.3 is 10.4 Å². The molecule has 2 N–H and O–H groups in total. The predicted octanol–water partition coefficient (Wildman–Crippen LogP) is 0.894. The Morgan fingerprint density at radius 3 is 2.68 bits per heavy atom. The SMILES string of the molecule is O=C(O)/C=C/CNC(=O)Cc1ccccc1[N+](=O)[O-]. The molecular formula is C12H12N2O5. The highest BCUT2D eigenvalue weighted by Crippen LogP contribution is 2.17. The van der Waals surface area contributed by atoms with E-state index in [9.17, 15) is 19.7 Å². The highest BCUT2D eigenvalue weighted by Gasteiger charge is 2.14. The molecule has 19 heavy (non-hydrogen) atoms. The lowest BCUT2D eigenvalue weighted by Gasteiger charge is -2.03. The van der Waals surface area contributed by atoms with E-state index in [4.69, 9.17) is 5.11 Å². The average molecular weight is 264 g/mol. The Balaban J connectivity index is 2.58. The summed E-state index contributed by atoms with van der Waals surface area (Å²) in [5.41, 5.74) is 0.200. The molecule has 0 saturated carbocycles. The third-order valence-electron chi connectivity index (χ3n) is 2.22. The van der Waals surface area contributed by atoms with E-state index in [2.05, 4.69) is 5.32 Å². The van der Waals surface area contributed by atoms with Crippen molar-refractivity contribution in [3.8, 4) is 0 Å². The zero-order chi connectivity index (χ0) is 14.3. The average Bonchev–Trinajstić information content (AvgIpc) is 2.35. The Labute approximate surface area is 108 Å². The molecule has 0 aliphatic rings. The maximum absolute atomic E-state index is 11.5. The zero-order valence-corrected chi connectivity index (χ0v) is 9.91. The second kappa shape index (κ2) is 6.90. The summed E-state index contributed by atoms with van der Waals surface area (Å²) in [5, 5.41) is 21.5. The number of hydrogen-bond donors (Lipinski definition) is 2. The summed E-state index contributed by atoms with van der Waals surface area (Å²) in [6.07, 6.45) is 2.06. The van der Waals surface area contributed by atoms with Crippen molar-refractivity contribution in [3.63, 3.8) is 0 Å². The van der Waals surface area contributed by atoms with Gasteiger partial charge >= 0.3 is 5.97 Å². The molecule has 0 aromatic heterocycles. The van der Waals surface area contributed by atoms with Crippen molar-refractivity contribution < 1.29 is 19.6 Å². The fraction of sp³-hybridized carbons (Fsp3) is 0.167. The van der Waals surface area contributed by atoms with Crippen LogP contribution in [0.25, 0.3) is 0 Å². The van der Waals surface area contributed by atoms with Gasteiger partial charge in [-0.1, -0.05) is 24.3 Å². The first-order valence-corrected chi connectivity index (χ1v) is 5.39. The predicted molar refractivity (Wildman–Crippen MR) is 66.6 cm³/mol. The van der Waals surface area contributed by atoms with Crippen LogP contribution in [0.3, 0.4) is 0 Å². The lowest BCUT2D eigenvalue weighted by molar-refractivity contribution is -0.385. The van der Waals surface area contributed by atoms with Crippen molar-refractivity contribution in [3.05, 3.63) is 52.1 Å². The molecule has 0 spiro atoms. The molecule has 1 amide bonds. The third-order valence-corrected chi connectivity index (χ3v) is 2.22. The molecule has 0 aliphatic carbocycles. The largest absolute Gasteiger partial charge is 0.478 e. The fourth-order valence-corrected chi connectivity index (χ4v) is 1.41. The third kappa shape index (κ3) is 4.99. The smallest absolute Gasteiger partial charge is 0.328 e. The van der Waals surface area contributed by atoms with Gasteiger partial charge in [0.2, 0.25) is 5.91 Å². The first-order valence-electron chi connectivity index (χ1n) is 5.39. The van der Waals surface area contributed by atoms with Gasteiger partial charge in [-0.05, 0) is 0 Å². The van der Waals surface area contributed by atoms with E-state index in [0.29, 0.717) is 5.56 Å². The molecule has 0 heterocycles. The normalized spacial score (nSPS) is 10.3. The maximum atomic E-state index is 11.5. The Hall–Kier alpha value is -2.70. The van der Waals surface area contributed by atoms with Crippen LogP contribution in [0.15, 0.2) is 36.4 Å². The van der Waals surface area contributed by atoms with Gasteiger partial charge in [-0.2, -0.15) is 0 Å².